The summed E-state index contributed by atoms with van der Waals surface area (Å²) >= 11 is 0. The van der Waals surface area contributed by atoms with Crippen LogP contribution in [0.4, 0.5) is 0 Å². The van der Waals surface area contributed by atoms with Gasteiger partial charge in [0.05, 0.1) is 12.3 Å². The summed E-state index contributed by atoms with van der Waals surface area (Å²) in [6.45, 7) is 1.30. The highest BCUT2D eigenvalue weighted by Crippen LogP contribution is 2.37. The summed E-state index contributed by atoms with van der Waals surface area (Å²) in [7, 11) is -2.90. The minimum absolute atomic E-state index is 0.0400. The molecule has 4 rings (SSSR count). The van der Waals surface area contributed by atoms with Crippen LogP contribution >= 0.6 is 7.82 Å². The number of carbonyl (C=O) groups is 4. The second-order valence-corrected chi connectivity index (χ2v) is 13.2. The van der Waals surface area contributed by atoms with E-state index in [4.69, 9.17) is 14.5 Å². The van der Waals surface area contributed by atoms with Gasteiger partial charge in [-0.2, -0.15) is 0 Å². The van der Waals surface area contributed by atoms with Crippen molar-refractivity contribution >= 4 is 31.5 Å². The summed E-state index contributed by atoms with van der Waals surface area (Å²) in [6, 6.07) is 13.5. The first-order valence-corrected chi connectivity index (χ1v) is 17.7. The van der Waals surface area contributed by atoms with Gasteiger partial charge in [-0.05, 0) is 75.4 Å². The first-order chi connectivity index (χ1) is 22.5. The van der Waals surface area contributed by atoms with Gasteiger partial charge >= 0.3 is 13.8 Å². The molecule has 2 aromatic carbocycles. The zero-order valence-electron chi connectivity index (χ0n) is 26.6. The molecule has 3 amide bonds. The largest absolute Gasteiger partial charge is 0.524 e. The Morgan fingerprint density at radius 1 is 0.957 bits per heavy atom. The topological polar surface area (TPSA) is 184 Å². The molecular weight excluding hydrogens is 627 g/mol. The molecule has 0 radical (unpaired) electrons. The maximum absolute atomic E-state index is 14.0. The molecule has 0 spiro atoms. The van der Waals surface area contributed by atoms with Crippen LogP contribution in [0.15, 0.2) is 54.6 Å². The molecule has 0 saturated carbocycles. The van der Waals surface area contributed by atoms with Crippen LogP contribution in [0.5, 0.6) is 5.75 Å². The molecule has 47 heavy (non-hydrogen) atoms. The Kier molecular flexibility index (Phi) is 13.4. The van der Waals surface area contributed by atoms with E-state index >= 15 is 0 Å². The van der Waals surface area contributed by atoms with E-state index in [9.17, 15) is 23.7 Å². The smallest absolute Gasteiger partial charge is 0.461 e. The van der Waals surface area contributed by atoms with Crippen molar-refractivity contribution in [3.05, 3.63) is 65.7 Å². The van der Waals surface area contributed by atoms with Crippen LogP contribution in [-0.2, 0) is 41.5 Å². The second-order valence-electron chi connectivity index (χ2n) is 12.1. The van der Waals surface area contributed by atoms with Crippen molar-refractivity contribution in [3.63, 3.8) is 0 Å². The monoisotopic (exact) mass is 672 g/mol. The number of fused-ring (bicyclic) bond motifs is 1. The highest BCUT2D eigenvalue weighted by atomic mass is 31.2. The maximum atomic E-state index is 14.0. The Morgan fingerprint density at radius 3 is 2.38 bits per heavy atom. The molecule has 2 aliphatic rings. The summed E-state index contributed by atoms with van der Waals surface area (Å²) in [4.78, 5) is 73.7. The van der Waals surface area contributed by atoms with Gasteiger partial charge in [0.1, 0.15) is 24.4 Å². The van der Waals surface area contributed by atoms with Crippen molar-refractivity contribution in [2.45, 2.75) is 82.5 Å². The predicted molar refractivity (Wildman–Crippen MR) is 173 cm³/mol. The minimum atomic E-state index is -4.75. The summed E-state index contributed by atoms with van der Waals surface area (Å²) in [5, 5.41) is 8.90. The highest BCUT2D eigenvalue weighted by Gasteiger charge is 2.44. The number of nitrogens with zero attached hydrogens (tertiary/aromatic N) is 1. The number of nitrogens with one attached hydrogen (secondary N) is 3. The van der Waals surface area contributed by atoms with E-state index in [-0.39, 0.29) is 43.1 Å². The Balaban J connectivity index is 1.47. The van der Waals surface area contributed by atoms with Crippen LogP contribution in [-0.4, -0.2) is 76.6 Å². The normalized spacial score (nSPS) is 20.4. The fourth-order valence-electron chi connectivity index (χ4n) is 6.17. The van der Waals surface area contributed by atoms with Crippen molar-refractivity contribution < 1.29 is 42.8 Å². The van der Waals surface area contributed by atoms with Crippen LogP contribution in [0.25, 0.3) is 0 Å². The Bertz CT molecular complexity index is 1400. The van der Waals surface area contributed by atoms with E-state index in [1.165, 1.54) is 12.1 Å². The number of phosphoric acid groups is 1. The molecule has 256 valence electrons. The number of amides is 3. The lowest BCUT2D eigenvalue weighted by atomic mass is 9.93. The lowest BCUT2D eigenvalue weighted by molar-refractivity contribution is -0.149. The lowest BCUT2D eigenvalue weighted by Gasteiger charge is -2.35. The van der Waals surface area contributed by atoms with Gasteiger partial charge in [0.15, 0.2) is 0 Å². The van der Waals surface area contributed by atoms with Crippen LogP contribution in [0.3, 0.4) is 0 Å². The third-order valence-electron chi connectivity index (χ3n) is 8.51. The Labute approximate surface area is 275 Å². The van der Waals surface area contributed by atoms with Crippen LogP contribution in [0.1, 0.15) is 62.5 Å². The van der Waals surface area contributed by atoms with E-state index in [2.05, 4.69) is 20.5 Å². The molecule has 2 aromatic rings. The van der Waals surface area contributed by atoms with Crippen LogP contribution in [0, 0.1) is 5.92 Å². The molecule has 2 aliphatic heterocycles. The number of esters is 1. The maximum Gasteiger partial charge on any atom is 0.524 e. The van der Waals surface area contributed by atoms with Gasteiger partial charge in [0, 0.05) is 12.6 Å². The van der Waals surface area contributed by atoms with E-state index in [0.29, 0.717) is 24.9 Å². The highest BCUT2D eigenvalue weighted by molar-refractivity contribution is 7.46. The van der Waals surface area contributed by atoms with Crippen molar-refractivity contribution in [1.82, 2.24) is 20.9 Å². The molecule has 0 bridgehead atoms. The molecule has 0 aliphatic carbocycles. The number of phosphoric ester groups is 1. The molecule has 14 heteroatoms. The number of carbonyl (C=O) groups excluding carboxylic acids is 4. The van der Waals surface area contributed by atoms with Crippen molar-refractivity contribution in [2.24, 2.45) is 5.92 Å². The van der Waals surface area contributed by atoms with Gasteiger partial charge in [0.2, 0.25) is 17.7 Å². The van der Waals surface area contributed by atoms with Crippen LogP contribution in [0.2, 0.25) is 0 Å². The number of rotatable bonds is 15. The van der Waals surface area contributed by atoms with Gasteiger partial charge in [0.25, 0.3) is 0 Å². The van der Waals surface area contributed by atoms with E-state index in [1.807, 2.05) is 37.4 Å². The van der Waals surface area contributed by atoms with Crippen molar-refractivity contribution in [1.29, 1.82) is 0 Å². The lowest BCUT2D eigenvalue weighted by Crippen LogP contribution is -2.57. The number of benzene rings is 2. The third-order valence-corrected chi connectivity index (χ3v) is 8.96. The predicted octanol–water partition coefficient (Wildman–Crippen LogP) is 2.59. The summed E-state index contributed by atoms with van der Waals surface area (Å²) < 4.78 is 21.3. The van der Waals surface area contributed by atoms with Gasteiger partial charge in [-0.1, -0.05) is 55.3 Å². The number of ether oxygens (including phenoxy) is 1. The molecule has 4 atom stereocenters. The van der Waals surface area contributed by atoms with E-state index < -0.39 is 37.7 Å². The fourth-order valence-corrected chi connectivity index (χ4v) is 6.57. The molecule has 2 heterocycles. The quantitative estimate of drug-likeness (QED) is 0.107. The standard InChI is InChI=1S/C33H45N4O9P/c1-34-18-7-19-35-32(40)29-17-14-26-10-5-6-11-28(33(41)37(26)29)36-31(39)25(21-30(38)45-22-24-8-3-2-4-9-24)20-23-12-15-27(16-13-23)46-47(42,43)44/h2-4,8-9,12-13,15-16,25-26,28-29,34H,5-7,10-11,14,17-22H2,1H3,(H,35,40)(H,36,39)(H2,42,43,44)/t25-,26?,28+,29+/m1/s1. The Morgan fingerprint density at radius 2 is 1.68 bits per heavy atom. The molecule has 2 saturated heterocycles. The Hall–Kier alpha value is -3.77. The zero-order chi connectivity index (χ0) is 33.8. The number of hydrogen-bond acceptors (Lipinski definition) is 8. The SMILES string of the molecule is CNCCCNC(=O)[C@@H]1CCC2CCCC[C@H](NC(=O)[C@@H](CC(=O)OCc3ccccc3)Cc3ccc(OP(=O)(O)O)cc3)C(=O)N21. The molecule has 2 fully saturated rings. The second kappa shape index (κ2) is 17.4. The summed E-state index contributed by atoms with van der Waals surface area (Å²) in [5.41, 5.74) is 1.40. The third kappa shape index (κ3) is 11.2. The fraction of sp³-hybridized carbons (Fsp3) is 0.515. The van der Waals surface area contributed by atoms with Gasteiger partial charge < -0.3 is 30.1 Å². The molecule has 0 aromatic heterocycles. The zero-order valence-corrected chi connectivity index (χ0v) is 27.5. The summed E-state index contributed by atoms with van der Waals surface area (Å²) in [6.07, 6.45) is 4.67. The van der Waals surface area contributed by atoms with E-state index in [1.54, 1.807) is 17.0 Å². The first kappa shape index (κ1) is 36.1. The molecule has 13 nitrogen and oxygen atoms in total. The number of hydrogen-bond donors (Lipinski definition) is 5. The molecule has 1 unspecified atom stereocenters. The molecule has 5 N–H and O–H groups in total. The minimum Gasteiger partial charge on any atom is -0.461 e. The van der Waals surface area contributed by atoms with Crippen molar-refractivity contribution in [3.8, 4) is 5.75 Å². The van der Waals surface area contributed by atoms with Gasteiger partial charge in [-0.25, -0.2) is 4.57 Å². The van der Waals surface area contributed by atoms with Gasteiger partial charge in [-0.3, -0.25) is 29.0 Å². The van der Waals surface area contributed by atoms with Crippen LogP contribution < -0.4 is 20.5 Å². The summed E-state index contributed by atoms with van der Waals surface area (Å²) in [5.74, 6) is -2.53. The average molecular weight is 673 g/mol. The average Bonchev–Trinajstić information content (AvgIpc) is 3.46. The van der Waals surface area contributed by atoms with Crippen molar-refractivity contribution in [2.75, 3.05) is 20.1 Å². The molecular formula is C33H45N4O9P. The van der Waals surface area contributed by atoms with E-state index in [0.717, 1.165) is 44.2 Å². The van der Waals surface area contributed by atoms with Gasteiger partial charge in [-0.15, -0.1) is 0 Å². The first-order valence-electron chi connectivity index (χ1n) is 16.1.